The maximum Gasteiger partial charge on any atom is 0.250 e. The number of benzene rings is 2. The molecule has 3 N–H and O–H groups in total. The number of aryl methyl sites for hydroxylation is 1. The minimum absolute atomic E-state index is 0.0819. The SMILES string of the molecule is Cc1ccc(C(CC2CCCN2)Nc2ccc3c(c2)Sc2cccc(-c4cc(N5CCOCC5)cc(=O)[nH]4)c2S3)nc1. The van der Waals surface area contributed by atoms with Crippen LogP contribution in [0.3, 0.4) is 0 Å². The van der Waals surface area contributed by atoms with Crippen molar-refractivity contribution in [3.05, 3.63) is 88.5 Å². The van der Waals surface area contributed by atoms with Gasteiger partial charge in [0.25, 0.3) is 0 Å². The normalized spacial score (nSPS) is 18.8. The number of hydrogen-bond donors (Lipinski definition) is 3. The van der Waals surface area contributed by atoms with Gasteiger partial charge in [0.2, 0.25) is 5.56 Å². The average Bonchev–Trinajstić information content (AvgIpc) is 3.53. The number of pyridine rings is 2. The Balaban J connectivity index is 1.15. The van der Waals surface area contributed by atoms with Gasteiger partial charge in [0.05, 0.1) is 30.6 Å². The van der Waals surface area contributed by atoms with Crippen molar-refractivity contribution in [2.75, 3.05) is 43.1 Å². The lowest BCUT2D eigenvalue weighted by Crippen LogP contribution is -2.36. The lowest BCUT2D eigenvalue weighted by Gasteiger charge is -2.29. The molecule has 216 valence electrons. The lowest BCUT2D eigenvalue weighted by atomic mass is 10.0. The minimum Gasteiger partial charge on any atom is -0.378 e. The van der Waals surface area contributed by atoms with Crippen molar-refractivity contribution in [3.8, 4) is 11.3 Å². The summed E-state index contributed by atoms with van der Waals surface area (Å²) in [4.78, 5) is 27.7. The molecule has 0 amide bonds. The molecule has 4 aromatic rings. The molecular formula is C33H35N5O2S2. The fourth-order valence-electron chi connectivity index (χ4n) is 5.96. The van der Waals surface area contributed by atoms with Gasteiger partial charge in [-0.1, -0.05) is 41.7 Å². The summed E-state index contributed by atoms with van der Waals surface area (Å²) in [6, 6.07) is 21.8. The van der Waals surface area contributed by atoms with Crippen LogP contribution in [0.2, 0.25) is 0 Å². The minimum atomic E-state index is -0.0819. The van der Waals surface area contributed by atoms with Crippen LogP contribution >= 0.6 is 23.5 Å². The van der Waals surface area contributed by atoms with Gasteiger partial charge in [0, 0.05) is 67.9 Å². The molecule has 2 aromatic heterocycles. The van der Waals surface area contributed by atoms with E-state index in [0.717, 1.165) is 54.4 Å². The first-order valence-electron chi connectivity index (χ1n) is 14.7. The van der Waals surface area contributed by atoms with Gasteiger partial charge in [-0.25, -0.2) is 0 Å². The fourth-order valence-corrected chi connectivity index (χ4v) is 8.38. The van der Waals surface area contributed by atoms with Gasteiger partial charge in [0.15, 0.2) is 0 Å². The monoisotopic (exact) mass is 597 g/mol. The summed E-state index contributed by atoms with van der Waals surface area (Å²) in [7, 11) is 0. The van der Waals surface area contributed by atoms with Crippen LogP contribution in [0.4, 0.5) is 11.4 Å². The Bertz CT molecular complexity index is 1630. The van der Waals surface area contributed by atoms with Crippen LogP contribution in [0.15, 0.2) is 91.2 Å². The summed E-state index contributed by atoms with van der Waals surface area (Å²) < 4.78 is 5.52. The second kappa shape index (κ2) is 12.2. The summed E-state index contributed by atoms with van der Waals surface area (Å²) in [6.07, 6.45) is 5.41. The van der Waals surface area contributed by atoms with Gasteiger partial charge in [-0.05, 0) is 74.7 Å². The van der Waals surface area contributed by atoms with E-state index in [1.54, 1.807) is 29.6 Å². The molecule has 0 spiro atoms. The Morgan fingerprint density at radius 1 is 1.05 bits per heavy atom. The van der Waals surface area contributed by atoms with Crippen LogP contribution in [-0.4, -0.2) is 48.9 Å². The molecule has 7 rings (SSSR count). The summed E-state index contributed by atoms with van der Waals surface area (Å²) in [6.45, 7) is 6.13. The third kappa shape index (κ3) is 5.97. The predicted molar refractivity (Wildman–Crippen MR) is 171 cm³/mol. The van der Waals surface area contributed by atoms with Crippen molar-refractivity contribution < 1.29 is 4.74 Å². The molecule has 2 unspecified atom stereocenters. The van der Waals surface area contributed by atoms with E-state index in [1.807, 2.05) is 6.20 Å². The molecule has 2 atom stereocenters. The Morgan fingerprint density at radius 2 is 1.95 bits per heavy atom. The molecule has 2 saturated heterocycles. The fraction of sp³-hybridized carbons (Fsp3) is 0.333. The molecule has 0 aliphatic carbocycles. The van der Waals surface area contributed by atoms with Crippen LogP contribution in [0.5, 0.6) is 0 Å². The number of aromatic amines is 1. The lowest BCUT2D eigenvalue weighted by molar-refractivity contribution is 0.122. The van der Waals surface area contributed by atoms with E-state index in [2.05, 4.69) is 82.0 Å². The van der Waals surface area contributed by atoms with E-state index in [9.17, 15) is 4.79 Å². The Morgan fingerprint density at radius 3 is 2.76 bits per heavy atom. The second-order valence-electron chi connectivity index (χ2n) is 11.2. The van der Waals surface area contributed by atoms with E-state index >= 15 is 0 Å². The maximum atomic E-state index is 12.7. The molecule has 0 saturated carbocycles. The highest BCUT2D eigenvalue weighted by Gasteiger charge is 2.25. The van der Waals surface area contributed by atoms with E-state index in [0.29, 0.717) is 19.3 Å². The third-order valence-electron chi connectivity index (χ3n) is 8.16. The molecule has 0 bridgehead atoms. The maximum absolute atomic E-state index is 12.7. The summed E-state index contributed by atoms with van der Waals surface area (Å²) >= 11 is 3.57. The molecule has 9 heteroatoms. The Hall–Kier alpha value is -3.24. The molecule has 0 radical (unpaired) electrons. The molecule has 42 heavy (non-hydrogen) atoms. The van der Waals surface area contributed by atoms with Gasteiger partial charge in [-0.2, -0.15) is 0 Å². The van der Waals surface area contributed by atoms with E-state index in [4.69, 9.17) is 9.72 Å². The molecule has 7 nitrogen and oxygen atoms in total. The van der Waals surface area contributed by atoms with Gasteiger partial charge in [0.1, 0.15) is 0 Å². The standard InChI is InChI=1S/C33H35N5O2S2/c1-21-7-9-26(35-20-21)28(16-22-4-3-11-34-22)36-23-8-10-29-31(17-23)41-30-6-2-5-25(33(30)42-29)27-18-24(19-32(39)37-27)38-12-14-40-15-13-38/h2,5-10,17-20,22,28,34,36H,3-4,11-16H2,1H3,(H,37,39). The first kappa shape index (κ1) is 27.6. The number of H-pyrrole nitrogens is 1. The van der Waals surface area contributed by atoms with Crippen LogP contribution in [0, 0.1) is 6.92 Å². The first-order chi connectivity index (χ1) is 20.6. The van der Waals surface area contributed by atoms with Crippen LogP contribution < -0.4 is 21.1 Å². The molecule has 5 heterocycles. The van der Waals surface area contributed by atoms with Gasteiger partial charge < -0.3 is 25.3 Å². The second-order valence-corrected chi connectivity index (χ2v) is 13.3. The van der Waals surface area contributed by atoms with E-state index < -0.39 is 0 Å². The van der Waals surface area contributed by atoms with Crippen molar-refractivity contribution >= 4 is 34.9 Å². The summed E-state index contributed by atoms with van der Waals surface area (Å²) in [5.74, 6) is 0. The molecule has 3 aliphatic heterocycles. The topological polar surface area (TPSA) is 82.3 Å². The number of ether oxygens (including phenoxy) is 1. The number of aromatic nitrogens is 2. The number of hydrogen-bond acceptors (Lipinski definition) is 8. The first-order valence-corrected chi connectivity index (χ1v) is 16.3. The van der Waals surface area contributed by atoms with Gasteiger partial charge in [-0.15, -0.1) is 0 Å². The van der Waals surface area contributed by atoms with Gasteiger partial charge >= 0.3 is 0 Å². The Labute approximate surface area is 254 Å². The van der Waals surface area contributed by atoms with Gasteiger partial charge in [-0.3, -0.25) is 9.78 Å². The number of rotatable bonds is 7. The van der Waals surface area contributed by atoms with E-state index in [-0.39, 0.29) is 11.6 Å². The van der Waals surface area contributed by atoms with E-state index in [1.165, 1.54) is 38.0 Å². The number of anilines is 2. The Kier molecular flexibility index (Phi) is 7.99. The van der Waals surface area contributed by atoms with Crippen molar-refractivity contribution in [1.29, 1.82) is 0 Å². The van der Waals surface area contributed by atoms with Crippen molar-refractivity contribution in [2.45, 2.75) is 57.9 Å². The molecule has 2 fully saturated rings. The highest BCUT2D eigenvalue weighted by atomic mass is 32.2. The van der Waals surface area contributed by atoms with Crippen LogP contribution in [0.25, 0.3) is 11.3 Å². The third-order valence-corrected chi connectivity index (χ3v) is 10.8. The zero-order valence-corrected chi connectivity index (χ0v) is 25.3. The number of fused-ring (bicyclic) bond motifs is 2. The number of morpholine rings is 1. The highest BCUT2D eigenvalue weighted by molar-refractivity contribution is 8.05. The van der Waals surface area contributed by atoms with Crippen molar-refractivity contribution in [1.82, 2.24) is 15.3 Å². The quantitative estimate of drug-likeness (QED) is 0.196. The molecule has 2 aromatic carbocycles. The predicted octanol–water partition coefficient (Wildman–Crippen LogP) is 6.49. The number of nitrogens with zero attached hydrogens (tertiary/aromatic N) is 2. The molecular weight excluding hydrogens is 563 g/mol. The van der Waals surface area contributed by atoms with Crippen LogP contribution in [0.1, 0.15) is 36.6 Å². The van der Waals surface area contributed by atoms with Crippen LogP contribution in [-0.2, 0) is 4.74 Å². The summed E-state index contributed by atoms with van der Waals surface area (Å²) in [5.41, 5.74) is 6.14. The zero-order valence-electron chi connectivity index (χ0n) is 23.7. The average molecular weight is 598 g/mol. The number of nitrogens with one attached hydrogen (secondary N) is 3. The zero-order chi connectivity index (χ0) is 28.5. The smallest absolute Gasteiger partial charge is 0.250 e. The van der Waals surface area contributed by atoms with Crippen molar-refractivity contribution in [3.63, 3.8) is 0 Å². The molecule has 3 aliphatic rings. The van der Waals surface area contributed by atoms with Crippen molar-refractivity contribution in [2.24, 2.45) is 0 Å². The summed E-state index contributed by atoms with van der Waals surface area (Å²) in [5, 5.41) is 7.47. The largest absolute Gasteiger partial charge is 0.378 e. The highest BCUT2D eigenvalue weighted by Crippen LogP contribution is 2.52.